The van der Waals surface area contributed by atoms with E-state index in [1.807, 2.05) is 44.2 Å². The van der Waals surface area contributed by atoms with Gasteiger partial charge in [0, 0.05) is 36.9 Å². The largest absolute Gasteiger partial charge is 0.352 e. The van der Waals surface area contributed by atoms with Gasteiger partial charge in [-0.05, 0) is 18.4 Å². The molecule has 0 bridgehead atoms. The van der Waals surface area contributed by atoms with E-state index in [0.717, 1.165) is 5.56 Å². The fourth-order valence-corrected chi connectivity index (χ4v) is 4.00. The van der Waals surface area contributed by atoms with Crippen molar-refractivity contribution in [3.05, 3.63) is 47.0 Å². The highest BCUT2D eigenvalue weighted by atomic mass is 32.1. The van der Waals surface area contributed by atoms with Crippen molar-refractivity contribution in [1.82, 2.24) is 15.2 Å². The fraction of sp³-hybridized carbons (Fsp3) is 0.455. The maximum Gasteiger partial charge on any atom is 0.228 e. The molecule has 0 unspecified atom stereocenters. The summed E-state index contributed by atoms with van der Waals surface area (Å²) in [5.41, 5.74) is 1.73. The maximum absolute atomic E-state index is 12.6. The SMILES string of the molecule is CC(C)C(=O)Nc1nc(CC(=O)N2CCC(C(=O)NCc3ccccc3)CC2)cs1. The van der Waals surface area contributed by atoms with Crippen LogP contribution in [-0.2, 0) is 27.3 Å². The van der Waals surface area contributed by atoms with E-state index in [4.69, 9.17) is 0 Å². The molecule has 160 valence electrons. The molecule has 0 spiro atoms. The Balaban J connectivity index is 1.42. The highest BCUT2D eigenvalue weighted by Gasteiger charge is 2.27. The summed E-state index contributed by atoms with van der Waals surface area (Å²) in [5.74, 6) is -0.212. The molecule has 3 amide bonds. The molecule has 1 aromatic heterocycles. The number of anilines is 1. The standard InChI is InChI=1S/C22H28N4O3S/c1-15(2)20(28)25-22-24-18(14-30-22)12-19(27)26-10-8-17(9-11-26)21(29)23-13-16-6-4-3-5-7-16/h3-7,14-15,17H,8-13H2,1-2H3,(H,23,29)(H,24,25,28). The lowest BCUT2D eigenvalue weighted by Crippen LogP contribution is -2.43. The monoisotopic (exact) mass is 428 g/mol. The van der Waals surface area contributed by atoms with E-state index >= 15 is 0 Å². The number of hydrogen-bond donors (Lipinski definition) is 2. The summed E-state index contributed by atoms with van der Waals surface area (Å²) in [5, 5.41) is 8.07. The van der Waals surface area contributed by atoms with E-state index in [0.29, 0.717) is 43.3 Å². The molecule has 1 aliphatic rings. The molecule has 8 heteroatoms. The second kappa shape index (κ2) is 10.3. The third-order valence-electron chi connectivity index (χ3n) is 5.17. The van der Waals surface area contributed by atoms with Gasteiger partial charge >= 0.3 is 0 Å². The van der Waals surface area contributed by atoms with Gasteiger partial charge < -0.3 is 15.5 Å². The number of carbonyl (C=O) groups excluding carboxylic acids is 3. The zero-order chi connectivity index (χ0) is 21.5. The minimum Gasteiger partial charge on any atom is -0.352 e. The zero-order valence-corrected chi connectivity index (χ0v) is 18.2. The summed E-state index contributed by atoms with van der Waals surface area (Å²) in [6.07, 6.45) is 1.54. The van der Waals surface area contributed by atoms with Crippen molar-refractivity contribution in [1.29, 1.82) is 0 Å². The Morgan fingerprint density at radius 2 is 1.87 bits per heavy atom. The number of benzene rings is 1. The third kappa shape index (κ3) is 6.13. The molecular weight excluding hydrogens is 400 g/mol. The average molecular weight is 429 g/mol. The molecule has 30 heavy (non-hydrogen) atoms. The van der Waals surface area contributed by atoms with Gasteiger partial charge in [-0.15, -0.1) is 11.3 Å². The van der Waals surface area contributed by atoms with Crippen molar-refractivity contribution < 1.29 is 14.4 Å². The van der Waals surface area contributed by atoms with Gasteiger partial charge in [0.2, 0.25) is 17.7 Å². The van der Waals surface area contributed by atoms with E-state index in [1.165, 1.54) is 11.3 Å². The summed E-state index contributed by atoms with van der Waals surface area (Å²) in [7, 11) is 0. The second-order valence-corrected chi connectivity index (χ2v) is 8.68. The Labute approximate surface area is 180 Å². The number of nitrogens with one attached hydrogen (secondary N) is 2. The lowest BCUT2D eigenvalue weighted by molar-refractivity contribution is -0.135. The van der Waals surface area contributed by atoms with Gasteiger partial charge in [-0.3, -0.25) is 14.4 Å². The van der Waals surface area contributed by atoms with Crippen LogP contribution in [0.15, 0.2) is 35.7 Å². The molecule has 1 aliphatic heterocycles. The molecule has 1 saturated heterocycles. The van der Waals surface area contributed by atoms with Crippen molar-refractivity contribution in [3.8, 4) is 0 Å². The van der Waals surface area contributed by atoms with Crippen LogP contribution in [0, 0.1) is 11.8 Å². The lowest BCUT2D eigenvalue weighted by Gasteiger charge is -2.31. The molecule has 3 rings (SSSR count). The number of piperidine rings is 1. The Bertz CT molecular complexity index is 874. The van der Waals surface area contributed by atoms with Crippen LogP contribution in [0.1, 0.15) is 37.9 Å². The van der Waals surface area contributed by atoms with Crippen molar-refractivity contribution in [3.63, 3.8) is 0 Å². The average Bonchev–Trinajstić information content (AvgIpc) is 3.19. The highest BCUT2D eigenvalue weighted by Crippen LogP contribution is 2.20. The van der Waals surface area contributed by atoms with Gasteiger partial charge in [-0.1, -0.05) is 44.2 Å². The molecular formula is C22H28N4O3S. The number of carbonyl (C=O) groups is 3. The summed E-state index contributed by atoms with van der Waals surface area (Å²) in [6, 6.07) is 9.83. The minimum absolute atomic E-state index is 0.00480. The molecule has 0 radical (unpaired) electrons. The van der Waals surface area contributed by atoms with Crippen LogP contribution in [0.4, 0.5) is 5.13 Å². The minimum atomic E-state index is -0.120. The Morgan fingerprint density at radius 1 is 1.17 bits per heavy atom. The maximum atomic E-state index is 12.6. The first kappa shape index (κ1) is 22.0. The van der Waals surface area contributed by atoms with E-state index in [-0.39, 0.29) is 36.0 Å². The zero-order valence-electron chi connectivity index (χ0n) is 17.4. The predicted molar refractivity (Wildman–Crippen MR) is 117 cm³/mol. The Hall–Kier alpha value is -2.74. The molecule has 0 atom stereocenters. The van der Waals surface area contributed by atoms with Crippen molar-refractivity contribution in [2.45, 2.75) is 39.7 Å². The molecule has 2 aromatic rings. The summed E-state index contributed by atoms with van der Waals surface area (Å²) >= 11 is 1.33. The third-order valence-corrected chi connectivity index (χ3v) is 5.97. The van der Waals surface area contributed by atoms with Gasteiger partial charge in [0.25, 0.3) is 0 Å². The van der Waals surface area contributed by atoms with Gasteiger partial charge in [0.1, 0.15) is 0 Å². The number of likely N-dealkylation sites (tertiary alicyclic amines) is 1. The second-order valence-electron chi connectivity index (χ2n) is 7.82. The lowest BCUT2D eigenvalue weighted by atomic mass is 9.95. The number of aromatic nitrogens is 1. The van der Waals surface area contributed by atoms with Crippen molar-refractivity contribution >= 4 is 34.2 Å². The van der Waals surface area contributed by atoms with Crippen molar-refractivity contribution in [2.75, 3.05) is 18.4 Å². The van der Waals surface area contributed by atoms with Gasteiger partial charge in [-0.2, -0.15) is 0 Å². The van der Waals surface area contributed by atoms with Crippen molar-refractivity contribution in [2.24, 2.45) is 11.8 Å². The van der Waals surface area contributed by atoms with Crippen LogP contribution in [0.25, 0.3) is 0 Å². The van der Waals surface area contributed by atoms with Gasteiger partial charge in [0.05, 0.1) is 12.1 Å². The first-order chi connectivity index (χ1) is 14.4. The normalized spacial score (nSPS) is 14.6. The first-order valence-corrected chi connectivity index (χ1v) is 11.1. The Kier molecular flexibility index (Phi) is 7.57. The van der Waals surface area contributed by atoms with E-state index < -0.39 is 0 Å². The number of nitrogens with zero attached hydrogens (tertiary/aromatic N) is 2. The van der Waals surface area contributed by atoms with E-state index in [1.54, 1.807) is 10.3 Å². The first-order valence-electron chi connectivity index (χ1n) is 10.3. The molecule has 1 aromatic carbocycles. The van der Waals surface area contributed by atoms with Crippen LogP contribution in [-0.4, -0.2) is 40.7 Å². The van der Waals surface area contributed by atoms with Crippen LogP contribution >= 0.6 is 11.3 Å². The van der Waals surface area contributed by atoms with Crippen LogP contribution in [0.5, 0.6) is 0 Å². The fourth-order valence-electron chi connectivity index (χ4n) is 3.28. The van der Waals surface area contributed by atoms with Crippen LogP contribution in [0.3, 0.4) is 0 Å². The number of thiazole rings is 1. The molecule has 2 N–H and O–H groups in total. The predicted octanol–water partition coefficient (Wildman–Crippen LogP) is 2.84. The number of amides is 3. The molecule has 0 aliphatic carbocycles. The van der Waals surface area contributed by atoms with Gasteiger partial charge in [-0.25, -0.2) is 4.98 Å². The van der Waals surface area contributed by atoms with E-state index in [2.05, 4.69) is 15.6 Å². The molecule has 7 nitrogen and oxygen atoms in total. The number of rotatable bonds is 7. The molecule has 2 heterocycles. The molecule has 1 fully saturated rings. The summed E-state index contributed by atoms with van der Waals surface area (Å²) < 4.78 is 0. The summed E-state index contributed by atoms with van der Waals surface area (Å²) in [6.45, 7) is 5.31. The quantitative estimate of drug-likeness (QED) is 0.709. The van der Waals surface area contributed by atoms with Crippen LogP contribution < -0.4 is 10.6 Å². The smallest absolute Gasteiger partial charge is 0.228 e. The number of hydrogen-bond acceptors (Lipinski definition) is 5. The highest BCUT2D eigenvalue weighted by molar-refractivity contribution is 7.13. The summed E-state index contributed by atoms with van der Waals surface area (Å²) in [4.78, 5) is 42.9. The Morgan fingerprint density at radius 3 is 2.53 bits per heavy atom. The van der Waals surface area contributed by atoms with Gasteiger partial charge in [0.15, 0.2) is 5.13 Å². The topological polar surface area (TPSA) is 91.4 Å². The van der Waals surface area contributed by atoms with Crippen LogP contribution in [0.2, 0.25) is 0 Å². The molecule has 0 saturated carbocycles. The van der Waals surface area contributed by atoms with E-state index in [9.17, 15) is 14.4 Å².